The highest BCUT2D eigenvalue weighted by molar-refractivity contribution is 5.16. The number of hydrogen-bond donors (Lipinski definition) is 0. The highest BCUT2D eigenvalue weighted by atomic mass is 19.4. The minimum absolute atomic E-state index is 0.0970. The summed E-state index contributed by atoms with van der Waals surface area (Å²) in [5, 5.41) is 0. The van der Waals surface area contributed by atoms with Crippen molar-refractivity contribution in [2.75, 3.05) is 0 Å². The van der Waals surface area contributed by atoms with Crippen LogP contribution >= 0.6 is 0 Å². The maximum Gasteiger partial charge on any atom is 0.403 e. The van der Waals surface area contributed by atoms with Crippen molar-refractivity contribution in [1.29, 1.82) is 0 Å². The van der Waals surface area contributed by atoms with E-state index in [1.54, 1.807) is 0 Å². The highest BCUT2D eigenvalue weighted by Crippen LogP contribution is 2.74. The first-order valence-corrected chi connectivity index (χ1v) is 4.24. The number of alkyl halides is 6. The maximum absolute atomic E-state index is 12.4. The predicted molar refractivity (Wildman–Crippen MR) is 37.5 cm³/mol. The van der Waals surface area contributed by atoms with Gasteiger partial charge in [0, 0.05) is 0 Å². The first kappa shape index (κ1) is 11.7. The molecule has 0 N–H and O–H groups in total. The van der Waals surface area contributed by atoms with Crippen molar-refractivity contribution in [1.82, 2.24) is 0 Å². The quantitative estimate of drug-likeness (QED) is 0.590. The molecule has 1 aliphatic carbocycles. The Hall–Kier alpha value is -0.420. The van der Waals surface area contributed by atoms with E-state index in [2.05, 4.69) is 0 Å². The molecule has 0 amide bonds. The van der Waals surface area contributed by atoms with Crippen LogP contribution in [0.4, 0.5) is 26.3 Å². The minimum Gasteiger partial charge on any atom is -0.170 e. The summed E-state index contributed by atoms with van der Waals surface area (Å²) >= 11 is 0. The van der Waals surface area contributed by atoms with Crippen molar-refractivity contribution in [3.8, 4) is 0 Å². The second-order valence-electron chi connectivity index (χ2n) is 3.67. The third-order valence-electron chi connectivity index (χ3n) is 3.18. The van der Waals surface area contributed by atoms with Crippen molar-refractivity contribution in [3.05, 3.63) is 0 Å². The molecule has 1 aliphatic rings. The van der Waals surface area contributed by atoms with Crippen molar-refractivity contribution in [2.45, 2.75) is 32.6 Å². The lowest BCUT2D eigenvalue weighted by Crippen LogP contribution is -2.41. The molecule has 0 bridgehead atoms. The maximum atomic E-state index is 12.4. The average Bonchev–Trinajstić information content (AvgIpc) is 2.53. The number of halogens is 6. The third kappa shape index (κ3) is 1.15. The van der Waals surface area contributed by atoms with Gasteiger partial charge in [-0.15, -0.1) is 0 Å². The smallest absolute Gasteiger partial charge is 0.170 e. The first-order valence-electron chi connectivity index (χ1n) is 4.24. The Bertz CT molecular complexity index is 211. The van der Waals surface area contributed by atoms with Crippen LogP contribution in [0.1, 0.15) is 20.3 Å². The molecular formula is C8H10F6. The van der Waals surface area contributed by atoms with Gasteiger partial charge in [0.25, 0.3) is 0 Å². The lowest BCUT2D eigenvalue weighted by molar-refractivity contribution is -0.309. The minimum atomic E-state index is -5.19. The van der Waals surface area contributed by atoms with Crippen molar-refractivity contribution in [3.63, 3.8) is 0 Å². The van der Waals surface area contributed by atoms with E-state index in [9.17, 15) is 26.3 Å². The SMILES string of the molecule is CCC1C(C)C1(C(F)(F)F)C(F)(F)F. The molecule has 1 fully saturated rings. The van der Waals surface area contributed by atoms with E-state index in [0.717, 1.165) is 6.92 Å². The lowest BCUT2D eigenvalue weighted by atomic mass is 10.00. The van der Waals surface area contributed by atoms with Crippen LogP contribution in [-0.2, 0) is 0 Å². The monoisotopic (exact) mass is 220 g/mol. The van der Waals surface area contributed by atoms with E-state index >= 15 is 0 Å². The summed E-state index contributed by atoms with van der Waals surface area (Å²) in [6, 6.07) is 0. The van der Waals surface area contributed by atoms with E-state index in [1.165, 1.54) is 6.92 Å². The molecule has 0 saturated heterocycles. The van der Waals surface area contributed by atoms with Crippen molar-refractivity contribution in [2.24, 2.45) is 17.3 Å². The van der Waals surface area contributed by atoms with Gasteiger partial charge in [-0.05, 0) is 11.8 Å². The fourth-order valence-corrected chi connectivity index (χ4v) is 2.42. The Morgan fingerprint density at radius 3 is 1.43 bits per heavy atom. The Labute approximate surface area is 77.3 Å². The topological polar surface area (TPSA) is 0 Å². The van der Waals surface area contributed by atoms with E-state index in [-0.39, 0.29) is 6.42 Å². The number of rotatable bonds is 1. The van der Waals surface area contributed by atoms with Gasteiger partial charge in [-0.3, -0.25) is 0 Å². The zero-order valence-electron chi connectivity index (χ0n) is 7.63. The summed E-state index contributed by atoms with van der Waals surface area (Å²) in [5.74, 6) is -2.67. The summed E-state index contributed by atoms with van der Waals surface area (Å²) in [6.07, 6.45) is -10.5. The molecule has 2 unspecified atom stereocenters. The fourth-order valence-electron chi connectivity index (χ4n) is 2.42. The van der Waals surface area contributed by atoms with Crippen molar-refractivity contribution >= 4 is 0 Å². The Morgan fingerprint density at radius 1 is 1.00 bits per heavy atom. The summed E-state index contributed by atoms with van der Waals surface area (Å²) in [7, 11) is 0. The number of hydrogen-bond acceptors (Lipinski definition) is 0. The lowest BCUT2D eigenvalue weighted by Gasteiger charge is -2.24. The van der Waals surface area contributed by atoms with E-state index < -0.39 is 29.6 Å². The summed E-state index contributed by atoms with van der Waals surface area (Å²) in [6.45, 7) is 2.36. The van der Waals surface area contributed by atoms with Gasteiger partial charge >= 0.3 is 12.4 Å². The zero-order valence-corrected chi connectivity index (χ0v) is 7.63. The molecule has 1 saturated carbocycles. The van der Waals surface area contributed by atoms with Crippen LogP contribution in [0.5, 0.6) is 0 Å². The van der Waals surface area contributed by atoms with Crippen LogP contribution in [0, 0.1) is 17.3 Å². The Morgan fingerprint density at radius 2 is 1.36 bits per heavy atom. The van der Waals surface area contributed by atoms with Crippen LogP contribution in [0.25, 0.3) is 0 Å². The second kappa shape index (κ2) is 2.79. The molecule has 84 valence electrons. The first-order chi connectivity index (χ1) is 6.10. The average molecular weight is 220 g/mol. The molecule has 1 rings (SSSR count). The molecule has 0 aromatic heterocycles. The molecule has 0 radical (unpaired) electrons. The second-order valence-corrected chi connectivity index (χ2v) is 3.67. The normalized spacial score (nSPS) is 31.7. The molecular weight excluding hydrogens is 210 g/mol. The van der Waals surface area contributed by atoms with E-state index in [0.29, 0.717) is 0 Å². The summed E-state index contributed by atoms with van der Waals surface area (Å²) in [5.41, 5.74) is -3.45. The molecule has 6 heteroatoms. The molecule has 14 heavy (non-hydrogen) atoms. The Kier molecular flexibility index (Phi) is 2.32. The van der Waals surface area contributed by atoms with Gasteiger partial charge < -0.3 is 0 Å². The van der Waals surface area contributed by atoms with Crippen LogP contribution in [-0.4, -0.2) is 12.4 Å². The summed E-state index contributed by atoms with van der Waals surface area (Å²) in [4.78, 5) is 0. The zero-order chi connectivity index (χ0) is 11.4. The largest absolute Gasteiger partial charge is 0.403 e. The van der Waals surface area contributed by atoms with Crippen LogP contribution in [0.15, 0.2) is 0 Å². The molecule has 0 spiro atoms. The summed E-state index contributed by atoms with van der Waals surface area (Å²) < 4.78 is 74.2. The van der Waals surface area contributed by atoms with Gasteiger partial charge in [0.2, 0.25) is 0 Å². The van der Waals surface area contributed by atoms with E-state index in [1.807, 2.05) is 0 Å². The van der Waals surface area contributed by atoms with Gasteiger partial charge in [-0.2, -0.15) is 26.3 Å². The van der Waals surface area contributed by atoms with Gasteiger partial charge in [0.15, 0.2) is 5.41 Å². The Balaban J connectivity index is 3.10. The van der Waals surface area contributed by atoms with Gasteiger partial charge in [-0.25, -0.2) is 0 Å². The fraction of sp³-hybridized carbons (Fsp3) is 1.00. The highest BCUT2D eigenvalue weighted by Gasteiger charge is 2.86. The van der Waals surface area contributed by atoms with Gasteiger partial charge in [0.05, 0.1) is 0 Å². The van der Waals surface area contributed by atoms with Gasteiger partial charge in [-0.1, -0.05) is 20.3 Å². The van der Waals surface area contributed by atoms with Crippen LogP contribution < -0.4 is 0 Å². The third-order valence-corrected chi connectivity index (χ3v) is 3.18. The van der Waals surface area contributed by atoms with Crippen LogP contribution in [0.3, 0.4) is 0 Å². The molecule has 0 aromatic rings. The van der Waals surface area contributed by atoms with Crippen LogP contribution in [0.2, 0.25) is 0 Å². The van der Waals surface area contributed by atoms with Crippen molar-refractivity contribution < 1.29 is 26.3 Å². The van der Waals surface area contributed by atoms with E-state index in [4.69, 9.17) is 0 Å². The standard InChI is InChI=1S/C8H10F6/c1-3-5-4(2)6(5,7(9,10)11)8(12,13)14/h4-5H,3H2,1-2H3. The molecule has 0 aliphatic heterocycles. The molecule has 0 nitrogen and oxygen atoms in total. The molecule has 0 heterocycles. The molecule has 0 aromatic carbocycles. The predicted octanol–water partition coefficient (Wildman–Crippen LogP) is 3.77. The van der Waals surface area contributed by atoms with Gasteiger partial charge in [0.1, 0.15) is 0 Å². The molecule has 2 atom stereocenters.